The number of ketones is 1. The first kappa shape index (κ1) is 12.3. The van der Waals surface area contributed by atoms with E-state index in [9.17, 15) is 14.9 Å². The molecule has 86 valence electrons. The molecular formula is C11H14N2O3. The molecule has 0 aliphatic rings. The number of nitro groups is 1. The van der Waals surface area contributed by atoms with Crippen LogP contribution in [0.1, 0.15) is 31.0 Å². The Hall–Kier alpha value is -1.78. The number of carbonyl (C=O) groups excluding carboxylic acids is 1. The van der Waals surface area contributed by atoms with Crippen LogP contribution in [0.5, 0.6) is 0 Å². The monoisotopic (exact) mass is 222 g/mol. The number of carbonyl (C=O) groups is 1. The van der Waals surface area contributed by atoms with E-state index in [1.807, 2.05) is 6.92 Å². The first-order chi connectivity index (χ1) is 7.54. The topological polar surface area (TPSA) is 73.1 Å². The number of pyridine rings is 1. The minimum Gasteiger partial charge on any atom is -0.299 e. The standard InChI is InChI=1S/C11H14N2O3/c1-3-4-10(14)6-9-5-8(2)11(7-12-9)13(15)16/h5,7H,3-4,6H2,1-2H3. The van der Waals surface area contributed by atoms with Crippen molar-refractivity contribution in [2.24, 2.45) is 0 Å². The van der Waals surface area contributed by atoms with Crippen LogP contribution in [-0.2, 0) is 11.2 Å². The summed E-state index contributed by atoms with van der Waals surface area (Å²) in [6.45, 7) is 3.58. The van der Waals surface area contributed by atoms with Crippen LogP contribution in [0.25, 0.3) is 0 Å². The molecule has 0 fully saturated rings. The van der Waals surface area contributed by atoms with Gasteiger partial charge in [-0.2, -0.15) is 0 Å². The summed E-state index contributed by atoms with van der Waals surface area (Å²) in [6.07, 6.45) is 2.80. The zero-order chi connectivity index (χ0) is 12.1. The maximum atomic E-state index is 11.4. The van der Waals surface area contributed by atoms with Gasteiger partial charge in [0.15, 0.2) is 0 Å². The lowest BCUT2D eigenvalue weighted by Gasteiger charge is -2.01. The highest BCUT2D eigenvalue weighted by Gasteiger charge is 2.12. The molecule has 0 bridgehead atoms. The van der Waals surface area contributed by atoms with Gasteiger partial charge in [0.25, 0.3) is 5.69 Å². The summed E-state index contributed by atoms with van der Waals surface area (Å²) >= 11 is 0. The number of rotatable bonds is 5. The van der Waals surface area contributed by atoms with Crippen LogP contribution in [0, 0.1) is 17.0 Å². The fraction of sp³-hybridized carbons (Fsp3) is 0.455. The molecule has 5 nitrogen and oxygen atoms in total. The van der Waals surface area contributed by atoms with Crippen LogP contribution in [0.3, 0.4) is 0 Å². The van der Waals surface area contributed by atoms with Crippen LogP contribution in [-0.4, -0.2) is 15.7 Å². The Morgan fingerprint density at radius 3 is 2.75 bits per heavy atom. The molecule has 0 spiro atoms. The molecule has 1 aromatic rings. The Bertz CT molecular complexity index is 416. The summed E-state index contributed by atoms with van der Waals surface area (Å²) in [5, 5.41) is 10.6. The average molecular weight is 222 g/mol. The third kappa shape index (κ3) is 3.12. The molecule has 0 N–H and O–H groups in total. The molecule has 0 radical (unpaired) electrons. The lowest BCUT2D eigenvalue weighted by Crippen LogP contribution is -2.04. The molecule has 0 atom stereocenters. The summed E-state index contributed by atoms with van der Waals surface area (Å²) in [7, 11) is 0. The fourth-order valence-electron chi connectivity index (χ4n) is 1.46. The predicted octanol–water partition coefficient (Wildman–Crippen LogP) is 2.21. The van der Waals surface area contributed by atoms with E-state index in [1.165, 1.54) is 6.20 Å². The molecule has 0 saturated heterocycles. The number of hydrogen-bond donors (Lipinski definition) is 0. The smallest absolute Gasteiger partial charge is 0.290 e. The van der Waals surface area contributed by atoms with Gasteiger partial charge in [0.1, 0.15) is 12.0 Å². The first-order valence-electron chi connectivity index (χ1n) is 5.16. The van der Waals surface area contributed by atoms with Crippen molar-refractivity contribution in [3.8, 4) is 0 Å². The van der Waals surface area contributed by atoms with E-state index in [-0.39, 0.29) is 17.9 Å². The van der Waals surface area contributed by atoms with Crippen molar-refractivity contribution in [3.63, 3.8) is 0 Å². The van der Waals surface area contributed by atoms with Crippen molar-refractivity contribution in [1.29, 1.82) is 0 Å². The van der Waals surface area contributed by atoms with E-state index < -0.39 is 4.92 Å². The molecule has 5 heteroatoms. The Morgan fingerprint density at radius 2 is 2.25 bits per heavy atom. The highest BCUT2D eigenvalue weighted by Crippen LogP contribution is 2.16. The Labute approximate surface area is 93.7 Å². The zero-order valence-corrected chi connectivity index (χ0v) is 9.40. The molecule has 0 aliphatic carbocycles. The second kappa shape index (κ2) is 5.34. The summed E-state index contributed by atoms with van der Waals surface area (Å²) < 4.78 is 0. The van der Waals surface area contributed by atoms with Gasteiger partial charge in [-0.25, -0.2) is 0 Å². The van der Waals surface area contributed by atoms with E-state index in [0.717, 1.165) is 6.42 Å². The van der Waals surface area contributed by atoms with E-state index in [0.29, 0.717) is 17.7 Å². The van der Waals surface area contributed by atoms with E-state index >= 15 is 0 Å². The largest absolute Gasteiger partial charge is 0.299 e. The molecule has 0 saturated carbocycles. The lowest BCUT2D eigenvalue weighted by atomic mass is 10.1. The Balaban J connectivity index is 2.81. The number of hydrogen-bond acceptors (Lipinski definition) is 4. The minimum absolute atomic E-state index is 0.00769. The van der Waals surface area contributed by atoms with Gasteiger partial charge in [-0.1, -0.05) is 6.92 Å². The number of aromatic nitrogens is 1. The molecule has 0 aromatic carbocycles. The Kier molecular flexibility index (Phi) is 4.10. The van der Waals surface area contributed by atoms with Crippen molar-refractivity contribution in [1.82, 2.24) is 4.98 Å². The van der Waals surface area contributed by atoms with Crippen LogP contribution in [0.4, 0.5) is 5.69 Å². The number of Topliss-reactive ketones (excluding diaryl/α,β-unsaturated/α-hetero) is 1. The molecule has 0 amide bonds. The lowest BCUT2D eigenvalue weighted by molar-refractivity contribution is -0.385. The average Bonchev–Trinajstić information content (AvgIpc) is 2.17. The number of nitrogens with zero attached hydrogens (tertiary/aromatic N) is 2. The third-order valence-corrected chi connectivity index (χ3v) is 2.24. The van der Waals surface area contributed by atoms with Crippen LogP contribution in [0.2, 0.25) is 0 Å². The second-order valence-electron chi connectivity index (χ2n) is 3.68. The number of aryl methyl sites for hydroxylation is 1. The normalized spacial score (nSPS) is 10.1. The van der Waals surface area contributed by atoms with Gasteiger partial charge in [0, 0.05) is 24.1 Å². The van der Waals surface area contributed by atoms with E-state index in [2.05, 4.69) is 4.98 Å². The summed E-state index contributed by atoms with van der Waals surface area (Å²) in [5.74, 6) is 0.114. The SMILES string of the molecule is CCCC(=O)Cc1cc(C)c([N+](=O)[O-])cn1. The van der Waals surface area contributed by atoms with Crippen LogP contribution >= 0.6 is 0 Å². The van der Waals surface area contributed by atoms with Gasteiger partial charge >= 0.3 is 0 Å². The summed E-state index contributed by atoms with van der Waals surface area (Å²) in [4.78, 5) is 25.4. The Morgan fingerprint density at radius 1 is 1.56 bits per heavy atom. The molecule has 1 aromatic heterocycles. The molecule has 1 rings (SSSR count). The van der Waals surface area contributed by atoms with Crippen molar-refractivity contribution in [3.05, 3.63) is 33.6 Å². The van der Waals surface area contributed by atoms with E-state index in [4.69, 9.17) is 0 Å². The molecular weight excluding hydrogens is 208 g/mol. The van der Waals surface area contributed by atoms with Crippen molar-refractivity contribution in [2.75, 3.05) is 0 Å². The quantitative estimate of drug-likeness (QED) is 0.565. The maximum Gasteiger partial charge on any atom is 0.290 e. The predicted molar refractivity (Wildman–Crippen MR) is 59.2 cm³/mol. The molecule has 16 heavy (non-hydrogen) atoms. The fourth-order valence-corrected chi connectivity index (χ4v) is 1.46. The van der Waals surface area contributed by atoms with Crippen molar-refractivity contribution in [2.45, 2.75) is 33.1 Å². The van der Waals surface area contributed by atoms with Gasteiger partial charge < -0.3 is 0 Å². The highest BCUT2D eigenvalue weighted by atomic mass is 16.6. The first-order valence-corrected chi connectivity index (χ1v) is 5.16. The van der Waals surface area contributed by atoms with Gasteiger partial charge in [0.05, 0.1) is 4.92 Å². The minimum atomic E-state index is -0.472. The maximum absolute atomic E-state index is 11.4. The van der Waals surface area contributed by atoms with Gasteiger partial charge in [0.2, 0.25) is 0 Å². The molecule has 1 heterocycles. The third-order valence-electron chi connectivity index (χ3n) is 2.24. The molecule has 0 aliphatic heterocycles. The van der Waals surface area contributed by atoms with Crippen molar-refractivity contribution >= 4 is 11.5 Å². The van der Waals surface area contributed by atoms with E-state index in [1.54, 1.807) is 13.0 Å². The van der Waals surface area contributed by atoms with Crippen molar-refractivity contribution < 1.29 is 9.72 Å². The highest BCUT2D eigenvalue weighted by molar-refractivity contribution is 5.80. The summed E-state index contributed by atoms with van der Waals surface area (Å²) in [5.41, 5.74) is 1.13. The van der Waals surface area contributed by atoms with Gasteiger partial charge in [-0.05, 0) is 19.4 Å². The van der Waals surface area contributed by atoms with Gasteiger partial charge in [-0.3, -0.25) is 19.9 Å². The zero-order valence-electron chi connectivity index (χ0n) is 9.40. The molecule has 0 unspecified atom stereocenters. The van der Waals surface area contributed by atoms with Crippen LogP contribution < -0.4 is 0 Å². The second-order valence-corrected chi connectivity index (χ2v) is 3.68. The summed E-state index contributed by atoms with van der Waals surface area (Å²) in [6, 6.07) is 1.60. The van der Waals surface area contributed by atoms with Crippen LogP contribution in [0.15, 0.2) is 12.3 Å². The van der Waals surface area contributed by atoms with Gasteiger partial charge in [-0.15, -0.1) is 0 Å².